The summed E-state index contributed by atoms with van der Waals surface area (Å²) in [5, 5.41) is 10.4. The Balaban J connectivity index is 1.96. The Morgan fingerprint density at radius 3 is 2.62 bits per heavy atom. The number of benzene rings is 2. The summed E-state index contributed by atoms with van der Waals surface area (Å²) in [6.07, 6.45) is 0.430. The van der Waals surface area contributed by atoms with Crippen LogP contribution in [0.1, 0.15) is 22.1 Å². The molecule has 1 unspecified atom stereocenters. The van der Waals surface area contributed by atoms with Crippen molar-refractivity contribution in [2.75, 3.05) is 0 Å². The summed E-state index contributed by atoms with van der Waals surface area (Å²) in [7, 11) is 0. The van der Waals surface area contributed by atoms with E-state index in [4.69, 9.17) is 0 Å². The quantitative estimate of drug-likeness (QED) is 0.791. The summed E-state index contributed by atoms with van der Waals surface area (Å²) in [4.78, 5) is 16.2. The standard InChI is InChI=1S/C17H15NO2S/c1-11-6-2-3-7-12(11)13(17(19)20)10-16-18-14-8-4-5-9-15(14)21-16/h2-9,13H,10H2,1H3,(H,19,20). The number of thiazole rings is 1. The maximum absolute atomic E-state index is 11.6. The van der Waals surface area contributed by atoms with Crippen LogP contribution in [0.4, 0.5) is 0 Å². The molecular formula is C17H15NO2S. The molecule has 0 saturated heterocycles. The van der Waals surface area contributed by atoms with Gasteiger partial charge in [-0.3, -0.25) is 4.79 Å². The zero-order valence-electron chi connectivity index (χ0n) is 11.6. The van der Waals surface area contributed by atoms with Gasteiger partial charge in [0.25, 0.3) is 0 Å². The summed E-state index contributed by atoms with van der Waals surface area (Å²) in [6, 6.07) is 15.5. The van der Waals surface area contributed by atoms with Crippen molar-refractivity contribution < 1.29 is 9.90 Å². The number of rotatable bonds is 4. The Labute approximate surface area is 126 Å². The Morgan fingerprint density at radius 1 is 1.19 bits per heavy atom. The van der Waals surface area contributed by atoms with Gasteiger partial charge in [-0.2, -0.15) is 0 Å². The summed E-state index contributed by atoms with van der Waals surface area (Å²) < 4.78 is 1.10. The van der Waals surface area contributed by atoms with Crippen LogP contribution < -0.4 is 0 Å². The third-order valence-corrected chi connectivity index (χ3v) is 4.64. The van der Waals surface area contributed by atoms with Crippen molar-refractivity contribution in [3.05, 3.63) is 64.7 Å². The highest BCUT2D eigenvalue weighted by Crippen LogP contribution is 2.28. The molecule has 2 aromatic carbocycles. The van der Waals surface area contributed by atoms with Gasteiger partial charge < -0.3 is 5.11 Å². The number of aromatic nitrogens is 1. The average molecular weight is 297 g/mol. The lowest BCUT2D eigenvalue weighted by Gasteiger charge is -2.13. The number of hydrogen-bond acceptors (Lipinski definition) is 3. The molecule has 106 valence electrons. The molecule has 3 rings (SSSR count). The second kappa shape index (κ2) is 5.66. The Bertz CT molecular complexity index is 761. The topological polar surface area (TPSA) is 50.2 Å². The molecule has 1 aromatic heterocycles. The van der Waals surface area contributed by atoms with E-state index in [1.807, 2.05) is 55.5 Å². The molecule has 3 nitrogen and oxygen atoms in total. The first-order valence-electron chi connectivity index (χ1n) is 6.78. The lowest BCUT2D eigenvalue weighted by Crippen LogP contribution is -2.15. The van der Waals surface area contributed by atoms with Crippen molar-refractivity contribution in [3.8, 4) is 0 Å². The minimum atomic E-state index is -0.802. The van der Waals surface area contributed by atoms with Crippen molar-refractivity contribution in [3.63, 3.8) is 0 Å². The van der Waals surface area contributed by atoms with Gasteiger partial charge in [0.1, 0.15) is 0 Å². The van der Waals surface area contributed by atoms with Crippen molar-refractivity contribution in [1.82, 2.24) is 4.98 Å². The normalized spacial score (nSPS) is 12.4. The van der Waals surface area contributed by atoms with Crippen LogP contribution in [0, 0.1) is 6.92 Å². The van der Waals surface area contributed by atoms with Crippen LogP contribution in [0.5, 0.6) is 0 Å². The predicted octanol–water partition coefficient (Wildman–Crippen LogP) is 4.02. The minimum Gasteiger partial charge on any atom is -0.481 e. The molecule has 0 aliphatic carbocycles. The number of carbonyl (C=O) groups is 1. The molecular weight excluding hydrogens is 282 g/mol. The smallest absolute Gasteiger partial charge is 0.311 e. The SMILES string of the molecule is Cc1ccccc1C(Cc1nc2ccccc2s1)C(=O)O. The highest BCUT2D eigenvalue weighted by molar-refractivity contribution is 7.18. The van der Waals surface area contributed by atoms with Gasteiger partial charge in [-0.15, -0.1) is 11.3 Å². The van der Waals surface area contributed by atoms with Gasteiger partial charge in [-0.05, 0) is 30.2 Å². The molecule has 3 aromatic rings. The predicted molar refractivity (Wildman–Crippen MR) is 84.9 cm³/mol. The lowest BCUT2D eigenvalue weighted by atomic mass is 9.92. The average Bonchev–Trinajstić information content (AvgIpc) is 2.88. The zero-order valence-corrected chi connectivity index (χ0v) is 12.4. The molecule has 21 heavy (non-hydrogen) atoms. The van der Waals surface area contributed by atoms with E-state index in [0.717, 1.165) is 26.4 Å². The van der Waals surface area contributed by atoms with Gasteiger partial charge in [0.15, 0.2) is 0 Å². The fourth-order valence-corrected chi connectivity index (χ4v) is 3.50. The zero-order chi connectivity index (χ0) is 14.8. The molecule has 0 aliphatic heterocycles. The summed E-state index contributed by atoms with van der Waals surface area (Å²) >= 11 is 1.57. The number of hydrogen-bond donors (Lipinski definition) is 1. The molecule has 0 aliphatic rings. The first kappa shape index (κ1) is 13.8. The lowest BCUT2D eigenvalue weighted by molar-refractivity contribution is -0.138. The molecule has 0 fully saturated rings. The molecule has 1 N–H and O–H groups in total. The number of para-hydroxylation sites is 1. The van der Waals surface area contributed by atoms with Gasteiger partial charge in [0, 0.05) is 6.42 Å². The monoisotopic (exact) mass is 297 g/mol. The van der Waals surface area contributed by atoms with Gasteiger partial charge in [0.05, 0.1) is 21.1 Å². The first-order valence-corrected chi connectivity index (χ1v) is 7.59. The van der Waals surface area contributed by atoms with E-state index in [1.165, 1.54) is 0 Å². The number of aliphatic carboxylic acids is 1. The van der Waals surface area contributed by atoms with E-state index >= 15 is 0 Å². The third-order valence-electron chi connectivity index (χ3n) is 3.58. The van der Waals surface area contributed by atoms with E-state index in [9.17, 15) is 9.90 Å². The van der Waals surface area contributed by atoms with E-state index in [-0.39, 0.29) is 0 Å². The Kier molecular flexibility index (Phi) is 3.71. The van der Waals surface area contributed by atoms with Crippen molar-refractivity contribution >= 4 is 27.5 Å². The maximum Gasteiger partial charge on any atom is 0.311 e. The molecule has 0 amide bonds. The van der Waals surface area contributed by atoms with Crippen molar-refractivity contribution in [1.29, 1.82) is 0 Å². The van der Waals surface area contributed by atoms with E-state index < -0.39 is 11.9 Å². The molecule has 4 heteroatoms. The molecule has 0 spiro atoms. The van der Waals surface area contributed by atoms with Crippen molar-refractivity contribution in [2.24, 2.45) is 0 Å². The van der Waals surface area contributed by atoms with Crippen LogP contribution in [-0.2, 0) is 11.2 Å². The van der Waals surface area contributed by atoms with Gasteiger partial charge in [-0.25, -0.2) is 4.98 Å². The van der Waals surface area contributed by atoms with Crippen LogP contribution in [0.15, 0.2) is 48.5 Å². The van der Waals surface area contributed by atoms with Gasteiger partial charge >= 0.3 is 5.97 Å². The summed E-state index contributed by atoms with van der Waals surface area (Å²) in [6.45, 7) is 1.95. The number of aryl methyl sites for hydroxylation is 1. The fourth-order valence-electron chi connectivity index (χ4n) is 2.49. The second-order valence-electron chi connectivity index (χ2n) is 5.03. The van der Waals surface area contributed by atoms with Crippen LogP contribution in [0.25, 0.3) is 10.2 Å². The van der Waals surface area contributed by atoms with E-state index in [0.29, 0.717) is 6.42 Å². The largest absolute Gasteiger partial charge is 0.481 e. The number of nitrogens with zero attached hydrogens (tertiary/aromatic N) is 1. The van der Waals surface area contributed by atoms with Gasteiger partial charge in [-0.1, -0.05) is 36.4 Å². The van der Waals surface area contributed by atoms with Gasteiger partial charge in [0.2, 0.25) is 0 Å². The van der Waals surface area contributed by atoms with Crippen LogP contribution in [0.2, 0.25) is 0 Å². The second-order valence-corrected chi connectivity index (χ2v) is 6.14. The summed E-state index contributed by atoms with van der Waals surface area (Å²) in [5.41, 5.74) is 2.81. The molecule has 0 bridgehead atoms. The molecule has 1 atom stereocenters. The maximum atomic E-state index is 11.6. The number of carboxylic acids is 1. The van der Waals surface area contributed by atoms with Crippen LogP contribution >= 0.6 is 11.3 Å². The Hall–Kier alpha value is -2.20. The fraction of sp³-hybridized carbons (Fsp3) is 0.176. The number of carboxylic acid groups (broad SMARTS) is 1. The molecule has 0 radical (unpaired) electrons. The van der Waals surface area contributed by atoms with Crippen LogP contribution in [-0.4, -0.2) is 16.1 Å². The summed E-state index contributed by atoms with van der Waals surface area (Å²) in [5.74, 6) is -1.35. The third kappa shape index (κ3) is 2.81. The van der Waals surface area contributed by atoms with Crippen molar-refractivity contribution in [2.45, 2.75) is 19.3 Å². The van der Waals surface area contributed by atoms with E-state index in [1.54, 1.807) is 11.3 Å². The molecule has 1 heterocycles. The van der Waals surface area contributed by atoms with Crippen LogP contribution in [0.3, 0.4) is 0 Å². The van der Waals surface area contributed by atoms with E-state index in [2.05, 4.69) is 4.98 Å². The molecule has 0 saturated carbocycles. The number of fused-ring (bicyclic) bond motifs is 1. The minimum absolute atomic E-state index is 0.430. The first-order chi connectivity index (χ1) is 10.1. The Morgan fingerprint density at radius 2 is 1.90 bits per heavy atom. The highest BCUT2D eigenvalue weighted by atomic mass is 32.1. The highest BCUT2D eigenvalue weighted by Gasteiger charge is 2.23.